The van der Waals surface area contributed by atoms with Crippen molar-refractivity contribution in [2.75, 3.05) is 11.1 Å². The van der Waals surface area contributed by atoms with E-state index in [1.807, 2.05) is 24.3 Å². The van der Waals surface area contributed by atoms with Crippen LogP contribution in [-0.4, -0.2) is 0 Å². The van der Waals surface area contributed by atoms with Crippen molar-refractivity contribution < 1.29 is 4.39 Å². The molecule has 0 saturated carbocycles. The van der Waals surface area contributed by atoms with Crippen molar-refractivity contribution in [3.63, 3.8) is 0 Å². The molecule has 0 atom stereocenters. The summed E-state index contributed by atoms with van der Waals surface area (Å²) < 4.78 is 12.9. The summed E-state index contributed by atoms with van der Waals surface area (Å²) in [6, 6.07) is 13.7. The van der Waals surface area contributed by atoms with Gasteiger partial charge >= 0.3 is 0 Å². The Morgan fingerprint density at radius 3 is 2.50 bits per heavy atom. The zero-order valence-corrected chi connectivity index (χ0v) is 9.65. The lowest BCUT2D eigenvalue weighted by atomic mass is 10.1. The summed E-state index contributed by atoms with van der Waals surface area (Å²) in [4.78, 5) is 0. The lowest BCUT2D eigenvalue weighted by Gasteiger charge is -2.09. The summed E-state index contributed by atoms with van der Waals surface area (Å²) in [5.74, 6) is -0.359. The molecule has 2 aromatic carbocycles. The second-order valence-electron chi connectivity index (χ2n) is 3.89. The minimum atomic E-state index is -0.359. The van der Waals surface area contributed by atoms with E-state index in [-0.39, 0.29) is 5.82 Å². The van der Waals surface area contributed by atoms with E-state index in [4.69, 9.17) is 11.0 Å². The molecule has 0 aromatic heterocycles. The van der Waals surface area contributed by atoms with Gasteiger partial charge in [0.15, 0.2) is 0 Å². The van der Waals surface area contributed by atoms with Gasteiger partial charge in [-0.1, -0.05) is 12.1 Å². The molecular formula is C14H12FN3. The molecule has 0 aliphatic heterocycles. The molecule has 0 aliphatic rings. The van der Waals surface area contributed by atoms with Gasteiger partial charge in [0.25, 0.3) is 0 Å². The molecule has 0 radical (unpaired) electrons. The molecule has 4 heteroatoms. The van der Waals surface area contributed by atoms with Gasteiger partial charge in [-0.25, -0.2) is 4.39 Å². The molecule has 0 fully saturated rings. The molecule has 0 bridgehead atoms. The maximum absolute atomic E-state index is 12.9. The highest BCUT2D eigenvalue weighted by molar-refractivity contribution is 5.72. The van der Waals surface area contributed by atoms with Crippen LogP contribution >= 0.6 is 0 Å². The van der Waals surface area contributed by atoms with E-state index in [1.165, 1.54) is 12.1 Å². The first-order chi connectivity index (χ1) is 8.69. The Balaban J connectivity index is 2.16. The maximum atomic E-state index is 12.9. The van der Waals surface area contributed by atoms with Gasteiger partial charge in [0.05, 0.1) is 23.9 Å². The highest BCUT2D eigenvalue weighted by Crippen LogP contribution is 2.23. The fourth-order valence-electron chi connectivity index (χ4n) is 1.60. The molecule has 0 amide bonds. The predicted molar refractivity (Wildman–Crippen MR) is 69.9 cm³/mol. The first-order valence-electron chi connectivity index (χ1n) is 5.47. The molecule has 3 N–H and O–H groups in total. The van der Waals surface area contributed by atoms with Crippen LogP contribution in [0.3, 0.4) is 0 Å². The van der Waals surface area contributed by atoms with Crippen LogP contribution in [-0.2, 0) is 6.42 Å². The SMILES string of the molecule is N#CCc1ccc(Nc2ccc(F)cc2N)cc1. The monoisotopic (exact) mass is 241 g/mol. The number of nitrogens with zero attached hydrogens (tertiary/aromatic N) is 1. The summed E-state index contributed by atoms with van der Waals surface area (Å²) >= 11 is 0. The smallest absolute Gasteiger partial charge is 0.125 e. The number of hydrogen-bond donors (Lipinski definition) is 2. The summed E-state index contributed by atoms with van der Waals surface area (Å²) in [6.45, 7) is 0. The number of hydrogen-bond acceptors (Lipinski definition) is 3. The summed E-state index contributed by atoms with van der Waals surface area (Å²) in [5.41, 5.74) is 8.51. The van der Waals surface area contributed by atoms with Crippen molar-refractivity contribution in [3.8, 4) is 6.07 Å². The van der Waals surface area contributed by atoms with Gasteiger partial charge in [0.1, 0.15) is 5.82 Å². The second kappa shape index (κ2) is 5.19. The molecule has 0 aliphatic carbocycles. The first kappa shape index (κ1) is 11.9. The third-order valence-corrected chi connectivity index (χ3v) is 2.53. The minimum Gasteiger partial charge on any atom is -0.397 e. The number of rotatable bonds is 3. The molecule has 0 spiro atoms. The minimum absolute atomic E-state index is 0.358. The lowest BCUT2D eigenvalue weighted by Crippen LogP contribution is -1.97. The standard InChI is InChI=1S/C14H12FN3/c15-11-3-6-14(13(17)9-11)18-12-4-1-10(2-5-12)7-8-16/h1-6,9,18H,7,17H2. The second-order valence-corrected chi connectivity index (χ2v) is 3.89. The molecule has 90 valence electrons. The van der Waals surface area contributed by atoms with E-state index in [2.05, 4.69) is 11.4 Å². The Bertz CT molecular complexity index is 585. The zero-order valence-electron chi connectivity index (χ0n) is 9.65. The van der Waals surface area contributed by atoms with Gasteiger partial charge in [-0.15, -0.1) is 0 Å². The van der Waals surface area contributed by atoms with Crippen molar-refractivity contribution in [3.05, 3.63) is 53.8 Å². The molecule has 2 rings (SSSR count). The van der Waals surface area contributed by atoms with Crippen LogP contribution in [0.2, 0.25) is 0 Å². The van der Waals surface area contributed by atoms with Gasteiger partial charge < -0.3 is 11.1 Å². The van der Waals surface area contributed by atoms with E-state index in [1.54, 1.807) is 6.07 Å². The van der Waals surface area contributed by atoms with Gasteiger partial charge in [0.2, 0.25) is 0 Å². The van der Waals surface area contributed by atoms with Crippen molar-refractivity contribution in [1.82, 2.24) is 0 Å². The van der Waals surface area contributed by atoms with Crippen molar-refractivity contribution in [2.45, 2.75) is 6.42 Å². The van der Waals surface area contributed by atoms with E-state index < -0.39 is 0 Å². The van der Waals surface area contributed by atoms with Gasteiger partial charge in [-0.05, 0) is 35.9 Å². The molecule has 0 saturated heterocycles. The van der Waals surface area contributed by atoms with Crippen molar-refractivity contribution in [1.29, 1.82) is 5.26 Å². The number of anilines is 3. The fraction of sp³-hybridized carbons (Fsp3) is 0.0714. The van der Waals surface area contributed by atoms with Crippen LogP contribution in [0.4, 0.5) is 21.5 Å². The van der Waals surface area contributed by atoms with Crippen molar-refractivity contribution >= 4 is 17.1 Å². The number of benzene rings is 2. The zero-order chi connectivity index (χ0) is 13.0. The van der Waals surface area contributed by atoms with Crippen LogP contribution in [0, 0.1) is 17.1 Å². The summed E-state index contributed by atoms with van der Waals surface area (Å²) in [7, 11) is 0. The highest BCUT2D eigenvalue weighted by atomic mass is 19.1. The Kier molecular flexibility index (Phi) is 3.44. The van der Waals surface area contributed by atoms with E-state index >= 15 is 0 Å². The van der Waals surface area contributed by atoms with Crippen LogP contribution in [0.15, 0.2) is 42.5 Å². The Morgan fingerprint density at radius 1 is 1.17 bits per heavy atom. The normalized spacial score (nSPS) is 9.78. The van der Waals surface area contributed by atoms with Crippen LogP contribution < -0.4 is 11.1 Å². The van der Waals surface area contributed by atoms with Gasteiger partial charge in [-0.3, -0.25) is 0 Å². The Hall–Kier alpha value is -2.54. The molecule has 18 heavy (non-hydrogen) atoms. The lowest BCUT2D eigenvalue weighted by molar-refractivity contribution is 0.628. The number of nitrogens with two attached hydrogens (primary N) is 1. The Labute approximate surface area is 105 Å². The van der Waals surface area contributed by atoms with Gasteiger partial charge in [-0.2, -0.15) is 5.26 Å². The third kappa shape index (κ3) is 2.77. The number of nitriles is 1. The van der Waals surface area contributed by atoms with Crippen LogP contribution in [0.1, 0.15) is 5.56 Å². The summed E-state index contributed by atoms with van der Waals surface area (Å²) in [5, 5.41) is 11.7. The van der Waals surface area contributed by atoms with Crippen LogP contribution in [0.25, 0.3) is 0 Å². The Morgan fingerprint density at radius 2 is 1.89 bits per heavy atom. The topological polar surface area (TPSA) is 61.8 Å². The van der Waals surface area contributed by atoms with Crippen LogP contribution in [0.5, 0.6) is 0 Å². The van der Waals surface area contributed by atoms with E-state index in [9.17, 15) is 4.39 Å². The summed E-state index contributed by atoms with van der Waals surface area (Å²) in [6.07, 6.45) is 0.388. The first-order valence-corrected chi connectivity index (χ1v) is 5.47. The maximum Gasteiger partial charge on any atom is 0.125 e. The molecule has 3 nitrogen and oxygen atoms in total. The van der Waals surface area contributed by atoms with Crippen molar-refractivity contribution in [2.24, 2.45) is 0 Å². The van der Waals surface area contributed by atoms with E-state index in [0.29, 0.717) is 17.8 Å². The van der Waals surface area contributed by atoms with E-state index in [0.717, 1.165) is 11.3 Å². The molecule has 0 heterocycles. The number of nitrogen functional groups attached to an aromatic ring is 1. The third-order valence-electron chi connectivity index (χ3n) is 2.53. The molecule has 2 aromatic rings. The molecular weight excluding hydrogens is 229 g/mol. The molecule has 0 unspecified atom stereocenters. The average Bonchev–Trinajstić information content (AvgIpc) is 2.35. The highest BCUT2D eigenvalue weighted by Gasteiger charge is 2.01. The fourth-order valence-corrected chi connectivity index (χ4v) is 1.60. The number of nitrogens with one attached hydrogen (secondary N) is 1. The number of halogens is 1. The largest absolute Gasteiger partial charge is 0.397 e. The predicted octanol–water partition coefficient (Wildman–Crippen LogP) is 3.22. The average molecular weight is 241 g/mol. The quantitative estimate of drug-likeness (QED) is 0.811. The van der Waals surface area contributed by atoms with Gasteiger partial charge in [0, 0.05) is 5.69 Å².